The highest BCUT2D eigenvalue weighted by Gasteiger charge is 2.32. The maximum atomic E-state index is 13.8. The largest absolute Gasteiger partial charge is 0.459 e. The van der Waals surface area contributed by atoms with Gasteiger partial charge in [-0.15, -0.1) is 0 Å². The van der Waals surface area contributed by atoms with Gasteiger partial charge in [-0.25, -0.2) is 23.7 Å². The summed E-state index contributed by atoms with van der Waals surface area (Å²) in [6.45, 7) is -0.280. The molecule has 0 atom stereocenters. The van der Waals surface area contributed by atoms with Crippen molar-refractivity contribution in [1.29, 1.82) is 0 Å². The van der Waals surface area contributed by atoms with Gasteiger partial charge in [0.2, 0.25) is 0 Å². The first kappa shape index (κ1) is 19.4. The molecule has 1 aromatic carbocycles. The van der Waals surface area contributed by atoms with Gasteiger partial charge in [-0.3, -0.25) is 0 Å². The van der Waals surface area contributed by atoms with E-state index in [9.17, 15) is 22.0 Å². The van der Waals surface area contributed by atoms with E-state index >= 15 is 0 Å². The third-order valence-electron chi connectivity index (χ3n) is 3.41. The molecule has 0 saturated carbocycles. The zero-order valence-electron chi connectivity index (χ0n) is 14.0. The van der Waals surface area contributed by atoms with Gasteiger partial charge in [0.25, 0.3) is 0 Å². The molecule has 0 bridgehead atoms. The second-order valence-electron chi connectivity index (χ2n) is 5.47. The Labute approximate surface area is 155 Å². The monoisotopic (exact) mass is 397 g/mol. The normalized spacial score (nSPS) is 11.3. The van der Waals surface area contributed by atoms with Crippen molar-refractivity contribution in [3.63, 3.8) is 0 Å². The summed E-state index contributed by atoms with van der Waals surface area (Å²) in [6.07, 6.45) is -2.80. The molecule has 0 aliphatic carbocycles. The van der Waals surface area contributed by atoms with Crippen molar-refractivity contribution in [2.24, 2.45) is 0 Å². The first-order chi connectivity index (χ1) is 13.3. The average Bonchev–Trinajstić information content (AvgIpc) is 2.67. The molecule has 3 rings (SSSR count). The van der Waals surface area contributed by atoms with Crippen LogP contribution < -0.4 is 10.1 Å². The molecule has 0 radical (unpaired) electrons. The average molecular weight is 397 g/mol. The molecule has 0 saturated heterocycles. The highest BCUT2D eigenvalue weighted by atomic mass is 19.4. The molecule has 6 nitrogen and oxygen atoms in total. The molecule has 0 amide bonds. The maximum absolute atomic E-state index is 13.8. The molecular weight excluding hydrogens is 385 g/mol. The molecule has 0 spiro atoms. The van der Waals surface area contributed by atoms with E-state index < -0.39 is 23.5 Å². The molecule has 3 aromatic rings. The summed E-state index contributed by atoms with van der Waals surface area (Å²) >= 11 is 0. The van der Waals surface area contributed by atoms with E-state index in [0.29, 0.717) is 5.56 Å². The fourth-order valence-electron chi connectivity index (χ4n) is 2.08. The maximum Gasteiger partial charge on any atom is 0.433 e. The topological polar surface area (TPSA) is 72.8 Å². The lowest BCUT2D eigenvalue weighted by molar-refractivity contribution is -0.141. The predicted molar refractivity (Wildman–Crippen MR) is 87.1 cm³/mol. The van der Waals surface area contributed by atoms with Crippen LogP contribution in [0.25, 0.3) is 0 Å². The van der Waals surface area contributed by atoms with E-state index in [4.69, 9.17) is 4.74 Å². The third kappa shape index (κ3) is 5.09. The van der Waals surface area contributed by atoms with Crippen LogP contribution in [0.5, 0.6) is 6.01 Å². The number of rotatable bonds is 6. The summed E-state index contributed by atoms with van der Waals surface area (Å²) < 4.78 is 70.0. The fourth-order valence-corrected chi connectivity index (χ4v) is 2.08. The Morgan fingerprint density at radius 1 is 0.964 bits per heavy atom. The standard InChI is InChI=1S/C17H12F5N5O/c18-11-3-1-10(2-4-11)9-28-16-25-7-12(19)15(27-16)24-8-14-23-6-5-13(26-14)17(20,21)22/h1-7H,8-9H2,(H,24,25,27). The molecule has 146 valence electrons. The van der Waals surface area contributed by atoms with Crippen molar-refractivity contribution in [2.45, 2.75) is 19.3 Å². The van der Waals surface area contributed by atoms with Crippen LogP contribution in [0.1, 0.15) is 17.1 Å². The molecule has 2 aromatic heterocycles. The second kappa shape index (κ2) is 8.11. The van der Waals surface area contributed by atoms with E-state index in [1.807, 2.05) is 0 Å². The summed E-state index contributed by atoms with van der Waals surface area (Å²) in [5, 5.41) is 2.51. The van der Waals surface area contributed by atoms with Gasteiger partial charge in [0.05, 0.1) is 12.7 Å². The smallest absolute Gasteiger partial charge is 0.433 e. The van der Waals surface area contributed by atoms with Crippen molar-refractivity contribution in [2.75, 3.05) is 5.32 Å². The zero-order chi connectivity index (χ0) is 20.1. The van der Waals surface area contributed by atoms with E-state index in [2.05, 4.69) is 25.3 Å². The van der Waals surface area contributed by atoms with Crippen molar-refractivity contribution >= 4 is 5.82 Å². The van der Waals surface area contributed by atoms with Gasteiger partial charge in [0.15, 0.2) is 11.6 Å². The molecule has 28 heavy (non-hydrogen) atoms. The summed E-state index contributed by atoms with van der Waals surface area (Å²) in [4.78, 5) is 14.6. The third-order valence-corrected chi connectivity index (χ3v) is 3.41. The van der Waals surface area contributed by atoms with Crippen molar-refractivity contribution in [3.8, 4) is 6.01 Å². The van der Waals surface area contributed by atoms with E-state index in [-0.39, 0.29) is 30.8 Å². The Bertz CT molecular complexity index is 949. The van der Waals surface area contributed by atoms with Crippen LogP contribution in [0.15, 0.2) is 42.7 Å². The minimum atomic E-state index is -4.61. The quantitative estimate of drug-likeness (QED) is 0.639. The molecule has 1 N–H and O–H groups in total. The molecule has 0 unspecified atom stereocenters. The number of benzene rings is 1. The highest BCUT2D eigenvalue weighted by molar-refractivity contribution is 5.36. The lowest BCUT2D eigenvalue weighted by Crippen LogP contribution is -2.13. The molecule has 11 heteroatoms. The number of nitrogens with one attached hydrogen (secondary N) is 1. The molecular formula is C17H12F5N5O. The Hall–Kier alpha value is -3.37. The van der Waals surface area contributed by atoms with E-state index in [0.717, 1.165) is 18.5 Å². The summed E-state index contributed by atoms with van der Waals surface area (Å²) in [5.74, 6) is -1.71. The van der Waals surface area contributed by atoms with Crippen LogP contribution in [0.2, 0.25) is 0 Å². The first-order valence-electron chi connectivity index (χ1n) is 7.84. The number of hydrogen-bond acceptors (Lipinski definition) is 6. The van der Waals surface area contributed by atoms with Crippen LogP contribution >= 0.6 is 0 Å². The Kier molecular flexibility index (Phi) is 5.62. The summed E-state index contributed by atoms with van der Waals surface area (Å²) in [5.41, 5.74) is -0.466. The molecule has 0 aliphatic rings. The van der Waals surface area contributed by atoms with Crippen LogP contribution in [-0.2, 0) is 19.3 Å². The summed E-state index contributed by atoms with van der Waals surface area (Å²) in [7, 11) is 0. The van der Waals surface area contributed by atoms with Gasteiger partial charge < -0.3 is 10.1 Å². The summed E-state index contributed by atoms with van der Waals surface area (Å²) in [6, 6.07) is 6.08. The number of hydrogen-bond donors (Lipinski definition) is 1. The van der Waals surface area contributed by atoms with Crippen LogP contribution in [0.4, 0.5) is 27.8 Å². The highest BCUT2D eigenvalue weighted by Crippen LogP contribution is 2.27. The van der Waals surface area contributed by atoms with E-state index in [1.165, 1.54) is 24.3 Å². The molecule has 0 aliphatic heterocycles. The molecule has 0 fully saturated rings. The number of aromatic nitrogens is 4. The number of alkyl halides is 3. The predicted octanol–water partition coefficient (Wildman–Crippen LogP) is 3.75. The van der Waals surface area contributed by atoms with Crippen LogP contribution in [0.3, 0.4) is 0 Å². The van der Waals surface area contributed by atoms with E-state index in [1.54, 1.807) is 0 Å². The lowest BCUT2D eigenvalue weighted by Gasteiger charge is -2.10. The van der Waals surface area contributed by atoms with Gasteiger partial charge in [0, 0.05) is 6.20 Å². The zero-order valence-corrected chi connectivity index (χ0v) is 14.0. The second-order valence-corrected chi connectivity index (χ2v) is 5.47. The van der Waals surface area contributed by atoms with Gasteiger partial charge in [0.1, 0.15) is 23.9 Å². The van der Waals surface area contributed by atoms with Gasteiger partial charge in [-0.2, -0.15) is 18.2 Å². The van der Waals surface area contributed by atoms with Crippen molar-refractivity contribution in [3.05, 3.63) is 71.4 Å². The Morgan fingerprint density at radius 2 is 1.71 bits per heavy atom. The van der Waals surface area contributed by atoms with Gasteiger partial charge in [-0.1, -0.05) is 12.1 Å². The first-order valence-corrected chi connectivity index (χ1v) is 7.84. The van der Waals surface area contributed by atoms with Crippen LogP contribution in [-0.4, -0.2) is 19.9 Å². The molecule has 2 heterocycles. The number of nitrogens with zero attached hydrogens (tertiary/aromatic N) is 4. The minimum Gasteiger partial charge on any atom is -0.459 e. The number of ether oxygens (including phenoxy) is 1. The minimum absolute atomic E-state index is 0.0160. The van der Waals surface area contributed by atoms with Crippen LogP contribution in [0, 0.1) is 11.6 Å². The van der Waals surface area contributed by atoms with Crippen molar-refractivity contribution in [1.82, 2.24) is 19.9 Å². The van der Waals surface area contributed by atoms with Crippen molar-refractivity contribution < 1.29 is 26.7 Å². The lowest BCUT2D eigenvalue weighted by atomic mass is 10.2. The number of anilines is 1. The fraction of sp³-hybridized carbons (Fsp3) is 0.176. The SMILES string of the molecule is Fc1ccc(COc2ncc(F)c(NCc3nccc(C(F)(F)F)n3)n2)cc1. The van der Waals surface area contributed by atoms with Gasteiger partial charge >= 0.3 is 12.2 Å². The Balaban J connectivity index is 1.66. The van der Waals surface area contributed by atoms with Gasteiger partial charge in [-0.05, 0) is 23.8 Å². The number of halogens is 5. The Morgan fingerprint density at radius 3 is 2.43 bits per heavy atom.